The van der Waals surface area contributed by atoms with Crippen LogP contribution in [0.25, 0.3) is 11.3 Å². The molecule has 0 bridgehead atoms. The van der Waals surface area contributed by atoms with Crippen LogP contribution >= 0.6 is 0 Å². The lowest BCUT2D eigenvalue weighted by Gasteiger charge is -2.57. The van der Waals surface area contributed by atoms with Crippen molar-refractivity contribution in [3.63, 3.8) is 0 Å². The van der Waals surface area contributed by atoms with Gasteiger partial charge in [-0.25, -0.2) is 4.39 Å². The predicted molar refractivity (Wildman–Crippen MR) is 154 cm³/mol. The topological polar surface area (TPSA) is 106 Å². The second-order valence-corrected chi connectivity index (χ2v) is 11.4. The number of carbonyl (C=O) groups excluding carboxylic acids is 1. The number of benzene rings is 1. The maximum atomic E-state index is 17.1. The van der Waals surface area contributed by atoms with Crippen molar-refractivity contribution >= 4 is 17.3 Å². The number of aromatic nitrogens is 2. The Kier molecular flexibility index (Phi) is 7.87. The molecule has 4 unspecified atom stereocenters. The number of rotatable bonds is 5. The number of ether oxygens (including phenoxy) is 2. The fourth-order valence-corrected chi connectivity index (χ4v) is 6.74. The number of nitrogens with one attached hydrogen (secondary N) is 1. The summed E-state index contributed by atoms with van der Waals surface area (Å²) in [6.45, 7) is 11.1. The van der Waals surface area contributed by atoms with Crippen LogP contribution in [0.15, 0.2) is 37.3 Å². The number of halogens is 1. The number of carbonyl (C=O) groups is 1. The summed E-state index contributed by atoms with van der Waals surface area (Å²) in [5.41, 5.74) is 6.59. The van der Waals surface area contributed by atoms with Crippen molar-refractivity contribution < 1.29 is 18.7 Å². The van der Waals surface area contributed by atoms with E-state index in [0.29, 0.717) is 61.9 Å². The van der Waals surface area contributed by atoms with Gasteiger partial charge in [-0.2, -0.15) is 0 Å². The summed E-state index contributed by atoms with van der Waals surface area (Å²) in [5, 5.41) is 2.89. The highest BCUT2D eigenvalue weighted by Gasteiger charge is 2.62. The van der Waals surface area contributed by atoms with E-state index in [4.69, 9.17) is 9.47 Å². The minimum absolute atomic E-state index is 0.0551. The van der Waals surface area contributed by atoms with Crippen LogP contribution in [0.2, 0.25) is 0 Å². The zero-order valence-electron chi connectivity index (χ0n) is 24.0. The van der Waals surface area contributed by atoms with Gasteiger partial charge in [-0.1, -0.05) is 13.0 Å². The second-order valence-electron chi connectivity index (χ2n) is 11.4. The van der Waals surface area contributed by atoms with Crippen molar-refractivity contribution in [2.24, 2.45) is 16.6 Å². The van der Waals surface area contributed by atoms with E-state index in [1.165, 1.54) is 7.05 Å². The van der Waals surface area contributed by atoms with Gasteiger partial charge in [0.1, 0.15) is 0 Å². The molecule has 6 rings (SSSR count). The van der Waals surface area contributed by atoms with Crippen molar-refractivity contribution in [3.05, 3.63) is 48.7 Å². The van der Waals surface area contributed by atoms with Gasteiger partial charge in [0.15, 0.2) is 5.82 Å². The quantitative estimate of drug-likeness (QED) is 0.546. The molecule has 1 aliphatic carbocycles. The minimum atomic E-state index is -0.981. The van der Waals surface area contributed by atoms with Crippen LogP contribution in [-0.2, 0) is 20.7 Å². The number of amides is 1. The van der Waals surface area contributed by atoms with E-state index >= 15 is 4.39 Å². The number of hydrogen-bond donors (Lipinski definition) is 2. The number of nitrogens with two attached hydrogens (primary N) is 1. The molecule has 1 aromatic carbocycles. The van der Waals surface area contributed by atoms with E-state index in [2.05, 4.69) is 44.3 Å². The van der Waals surface area contributed by atoms with Crippen molar-refractivity contribution in [1.82, 2.24) is 15.3 Å². The van der Waals surface area contributed by atoms with Gasteiger partial charge < -0.3 is 30.3 Å². The third-order valence-electron chi connectivity index (χ3n) is 8.95. The van der Waals surface area contributed by atoms with Crippen molar-refractivity contribution in [2.45, 2.75) is 51.4 Å². The molecule has 1 saturated carbocycles. The fourth-order valence-electron chi connectivity index (χ4n) is 6.74. The molecule has 2 saturated heterocycles. The normalized spacial score (nSPS) is 28.4. The van der Waals surface area contributed by atoms with Gasteiger partial charge in [-0.15, -0.1) is 6.58 Å². The Balaban J connectivity index is 0.00000158. The zero-order chi connectivity index (χ0) is 28.7. The van der Waals surface area contributed by atoms with Crippen LogP contribution in [0.5, 0.6) is 0 Å². The maximum Gasteiger partial charge on any atom is 0.232 e. The predicted octanol–water partition coefficient (Wildman–Crippen LogP) is 2.93. The van der Waals surface area contributed by atoms with E-state index in [9.17, 15) is 4.79 Å². The molecule has 216 valence electrons. The van der Waals surface area contributed by atoms with Crippen molar-refractivity contribution in [1.29, 1.82) is 0 Å². The molecule has 4 atom stereocenters. The Morgan fingerprint density at radius 3 is 2.58 bits per heavy atom. The zero-order valence-corrected chi connectivity index (χ0v) is 24.0. The van der Waals surface area contributed by atoms with Gasteiger partial charge >= 0.3 is 0 Å². The lowest BCUT2D eigenvalue weighted by molar-refractivity contribution is -0.139. The molecule has 3 aliphatic heterocycles. The van der Waals surface area contributed by atoms with E-state index < -0.39 is 5.41 Å². The maximum absolute atomic E-state index is 17.1. The fraction of sp³-hybridized carbons (Fsp3) is 0.567. The molecular weight excluding hydrogens is 511 g/mol. The molecule has 1 amide bonds. The molecule has 3 N–H and O–H groups in total. The lowest BCUT2D eigenvalue weighted by Crippen LogP contribution is -2.69. The van der Waals surface area contributed by atoms with Crippen LogP contribution in [0, 0.1) is 16.6 Å². The third-order valence-corrected chi connectivity index (χ3v) is 8.95. The highest BCUT2D eigenvalue weighted by atomic mass is 19.1. The van der Waals surface area contributed by atoms with Gasteiger partial charge in [0.2, 0.25) is 5.91 Å². The monoisotopic (exact) mass is 552 g/mol. The summed E-state index contributed by atoms with van der Waals surface area (Å²) < 4.78 is 29.3. The standard InChI is InChI=1S/C29H36FN5O3.CH5N/c1-5-29(27(36)31-4)15-19-14-20(21-16-32-8-9-33-21)24(34-10-12-37-13-11-34)22(30)23(19)35-17-18(2)38-26(25(29)35)28(3)6-7-28;1-2/h5,8-9,14,16,18,25-26H,1,6-7,10-13,15,17H2,2-4H3,(H,31,36);2H2,1H3. The summed E-state index contributed by atoms with van der Waals surface area (Å²) in [4.78, 5) is 26.7. The first-order chi connectivity index (χ1) is 19.3. The summed E-state index contributed by atoms with van der Waals surface area (Å²) in [6.07, 6.45) is 8.69. The van der Waals surface area contributed by atoms with Crippen molar-refractivity contribution in [2.75, 3.05) is 56.7 Å². The number of fused-ring (bicyclic) bond motifs is 3. The average Bonchev–Trinajstić information content (AvgIpc) is 3.75. The Labute approximate surface area is 235 Å². The first-order valence-corrected chi connectivity index (χ1v) is 14.1. The van der Waals surface area contributed by atoms with Gasteiger partial charge in [0.25, 0.3) is 0 Å². The van der Waals surface area contributed by atoms with Crippen LogP contribution in [0.3, 0.4) is 0 Å². The Bertz CT molecular complexity index is 1250. The first kappa shape index (κ1) is 28.4. The van der Waals surface area contributed by atoms with E-state index in [-0.39, 0.29) is 35.4 Å². The molecule has 9 nitrogen and oxygen atoms in total. The second kappa shape index (κ2) is 11.1. The highest BCUT2D eigenvalue weighted by molar-refractivity contribution is 5.90. The Hall–Kier alpha value is -3.08. The summed E-state index contributed by atoms with van der Waals surface area (Å²) in [5.74, 6) is -0.405. The largest absolute Gasteiger partial charge is 0.378 e. The lowest BCUT2D eigenvalue weighted by atomic mass is 9.65. The molecule has 10 heteroatoms. The van der Waals surface area contributed by atoms with Gasteiger partial charge in [0, 0.05) is 44.6 Å². The number of anilines is 2. The molecule has 40 heavy (non-hydrogen) atoms. The van der Waals surface area contributed by atoms with Crippen LogP contribution in [0.4, 0.5) is 15.8 Å². The molecule has 4 aliphatic rings. The highest BCUT2D eigenvalue weighted by Crippen LogP contribution is 2.58. The van der Waals surface area contributed by atoms with E-state index in [0.717, 1.165) is 18.4 Å². The summed E-state index contributed by atoms with van der Waals surface area (Å²) in [6, 6.07) is 1.64. The average molecular weight is 553 g/mol. The molecule has 1 aromatic heterocycles. The Morgan fingerprint density at radius 2 is 1.98 bits per heavy atom. The Morgan fingerprint density at radius 1 is 1.25 bits per heavy atom. The van der Waals surface area contributed by atoms with Gasteiger partial charge in [0.05, 0.1) is 60.1 Å². The number of morpholine rings is 2. The molecule has 0 radical (unpaired) electrons. The van der Waals surface area contributed by atoms with Gasteiger partial charge in [-0.3, -0.25) is 14.8 Å². The minimum Gasteiger partial charge on any atom is -0.378 e. The smallest absolute Gasteiger partial charge is 0.232 e. The van der Waals surface area contributed by atoms with Crippen LogP contribution in [-0.4, -0.2) is 81.1 Å². The molecule has 0 spiro atoms. The van der Waals surface area contributed by atoms with Crippen molar-refractivity contribution in [3.8, 4) is 11.3 Å². The summed E-state index contributed by atoms with van der Waals surface area (Å²) >= 11 is 0. The van der Waals surface area contributed by atoms with Gasteiger partial charge in [-0.05, 0) is 50.3 Å². The molecule has 4 heterocycles. The first-order valence-electron chi connectivity index (χ1n) is 14.1. The molecule has 3 fully saturated rings. The van der Waals surface area contributed by atoms with E-state index in [1.807, 2.05) is 13.0 Å². The summed E-state index contributed by atoms with van der Waals surface area (Å²) in [7, 11) is 3.15. The van der Waals surface area contributed by atoms with Crippen LogP contribution in [0.1, 0.15) is 32.3 Å². The number of hydrogen-bond acceptors (Lipinski definition) is 8. The third kappa shape index (κ3) is 4.55. The molecular formula is C30H41FN6O3. The van der Waals surface area contributed by atoms with Crippen LogP contribution < -0.4 is 20.9 Å². The van der Waals surface area contributed by atoms with E-state index in [1.54, 1.807) is 31.7 Å². The SMILES string of the molecule is C=CC1(C(=O)NC)Cc2cc(-c3cnccn3)c(N3CCOCC3)c(F)c2N2CC(C)OC(C3(C)CC3)C21.CN. The number of nitrogens with zero attached hydrogens (tertiary/aromatic N) is 4. The molecule has 2 aromatic rings.